The van der Waals surface area contributed by atoms with E-state index in [2.05, 4.69) is 11.4 Å². The Morgan fingerprint density at radius 3 is 2.93 bits per heavy atom. The molecule has 0 aliphatic carbocycles. The second-order valence-corrected chi connectivity index (χ2v) is 4.32. The quantitative estimate of drug-likeness (QED) is 0.831. The molecular weight excluding hydrogens is 232 g/mol. The fourth-order valence-corrected chi connectivity index (χ4v) is 2.09. The minimum Gasteiger partial charge on any atom is -0.353 e. The van der Waals surface area contributed by atoms with Crippen LogP contribution in [0, 0.1) is 0 Å². The van der Waals surface area contributed by atoms with Gasteiger partial charge in [-0.05, 0) is 18.4 Å². The van der Waals surface area contributed by atoms with E-state index in [-0.39, 0.29) is 24.4 Å². The summed E-state index contributed by atoms with van der Waals surface area (Å²) in [6, 6.07) is 4.29. The summed E-state index contributed by atoms with van der Waals surface area (Å²) in [5.41, 5.74) is 5.28. The van der Waals surface area contributed by atoms with Gasteiger partial charge in [0.15, 0.2) is 0 Å². The highest BCUT2D eigenvalue weighted by molar-refractivity contribution is 7.09. The van der Waals surface area contributed by atoms with Crippen LogP contribution in [-0.4, -0.2) is 18.5 Å². The number of carbonyl (C=O) groups is 1. The van der Waals surface area contributed by atoms with Crippen molar-refractivity contribution in [2.45, 2.75) is 25.8 Å². The molecule has 0 aromatic carbocycles. The monoisotopic (exact) mass is 248 g/mol. The summed E-state index contributed by atoms with van der Waals surface area (Å²) in [6.45, 7) is 2.42. The largest absolute Gasteiger partial charge is 0.353 e. The zero-order valence-corrected chi connectivity index (χ0v) is 10.4. The molecule has 1 amide bonds. The van der Waals surface area contributed by atoms with Gasteiger partial charge < -0.3 is 11.1 Å². The van der Waals surface area contributed by atoms with E-state index in [0.717, 1.165) is 6.42 Å². The van der Waals surface area contributed by atoms with Crippen LogP contribution in [0.15, 0.2) is 17.5 Å². The number of hydrogen-bond donors (Lipinski definition) is 2. The average Bonchev–Trinajstić information content (AvgIpc) is 2.56. The maximum atomic E-state index is 11.2. The van der Waals surface area contributed by atoms with E-state index in [1.54, 1.807) is 11.3 Å². The van der Waals surface area contributed by atoms with Crippen molar-refractivity contribution in [3.8, 4) is 0 Å². The van der Waals surface area contributed by atoms with Crippen molar-refractivity contribution >= 4 is 29.7 Å². The summed E-state index contributed by atoms with van der Waals surface area (Å²) in [5.74, 6) is 0.0385. The van der Waals surface area contributed by atoms with Crippen molar-refractivity contribution < 1.29 is 4.79 Å². The van der Waals surface area contributed by atoms with Crippen molar-refractivity contribution in [1.29, 1.82) is 0 Å². The lowest BCUT2D eigenvalue weighted by Crippen LogP contribution is -2.34. The van der Waals surface area contributed by atoms with Crippen LogP contribution >= 0.6 is 23.7 Å². The van der Waals surface area contributed by atoms with E-state index in [9.17, 15) is 4.79 Å². The molecule has 0 saturated heterocycles. The molecule has 15 heavy (non-hydrogen) atoms. The predicted octanol–water partition coefficient (Wildman–Crippen LogP) is 1.57. The normalized spacial score (nSPS) is 11.6. The van der Waals surface area contributed by atoms with E-state index in [1.807, 2.05) is 18.4 Å². The number of hydrogen-bond acceptors (Lipinski definition) is 3. The molecule has 0 radical (unpaired) electrons. The minimum absolute atomic E-state index is 0. The number of nitrogens with two attached hydrogens (primary N) is 1. The Morgan fingerprint density at radius 1 is 1.67 bits per heavy atom. The Labute approximate surface area is 100 Å². The van der Waals surface area contributed by atoms with Crippen molar-refractivity contribution in [2.24, 2.45) is 5.73 Å². The third kappa shape index (κ3) is 5.77. The van der Waals surface area contributed by atoms with Gasteiger partial charge in [0.1, 0.15) is 0 Å². The van der Waals surface area contributed by atoms with E-state index < -0.39 is 0 Å². The molecule has 86 valence electrons. The fourth-order valence-electron chi connectivity index (χ4n) is 1.26. The minimum atomic E-state index is 0. The molecule has 1 aromatic heterocycles. The Balaban J connectivity index is 0.00000196. The van der Waals surface area contributed by atoms with Crippen LogP contribution in [0.5, 0.6) is 0 Å². The molecule has 0 aliphatic heterocycles. The SMILES string of the molecule is CC(Cc1cccs1)NC(=O)CCN.Cl. The van der Waals surface area contributed by atoms with Crippen LogP contribution < -0.4 is 11.1 Å². The van der Waals surface area contributed by atoms with Crippen molar-refractivity contribution in [3.63, 3.8) is 0 Å². The van der Waals surface area contributed by atoms with Crippen LogP contribution in [0.2, 0.25) is 0 Å². The van der Waals surface area contributed by atoms with Crippen LogP contribution in [0.3, 0.4) is 0 Å². The van der Waals surface area contributed by atoms with Crippen LogP contribution in [-0.2, 0) is 11.2 Å². The first kappa shape index (κ1) is 14.4. The van der Waals surface area contributed by atoms with Crippen molar-refractivity contribution in [2.75, 3.05) is 6.54 Å². The molecule has 1 heterocycles. The molecule has 5 heteroatoms. The van der Waals surface area contributed by atoms with Gasteiger partial charge in [0.2, 0.25) is 5.91 Å². The number of thiophene rings is 1. The van der Waals surface area contributed by atoms with Gasteiger partial charge in [0.25, 0.3) is 0 Å². The first-order chi connectivity index (χ1) is 6.72. The first-order valence-corrected chi connectivity index (χ1v) is 5.62. The van der Waals surface area contributed by atoms with Gasteiger partial charge in [-0.3, -0.25) is 4.79 Å². The Kier molecular flexibility index (Phi) is 7.38. The van der Waals surface area contributed by atoms with Crippen LogP contribution in [0.1, 0.15) is 18.2 Å². The van der Waals surface area contributed by atoms with Gasteiger partial charge in [0, 0.05) is 30.3 Å². The molecule has 3 nitrogen and oxygen atoms in total. The summed E-state index contributed by atoms with van der Waals surface area (Å²) in [4.78, 5) is 12.5. The Morgan fingerprint density at radius 2 is 2.40 bits per heavy atom. The maximum Gasteiger partial charge on any atom is 0.221 e. The van der Waals surface area contributed by atoms with Crippen LogP contribution in [0.4, 0.5) is 0 Å². The summed E-state index contributed by atoms with van der Waals surface area (Å²) in [6.07, 6.45) is 1.31. The molecular formula is C10H17ClN2OS. The molecule has 1 atom stereocenters. The van der Waals surface area contributed by atoms with Gasteiger partial charge in [-0.25, -0.2) is 0 Å². The lowest BCUT2D eigenvalue weighted by Gasteiger charge is -2.12. The number of amides is 1. The third-order valence-electron chi connectivity index (χ3n) is 1.87. The molecule has 0 aliphatic rings. The highest BCUT2D eigenvalue weighted by atomic mass is 35.5. The molecule has 0 bridgehead atoms. The molecule has 0 fully saturated rings. The van der Waals surface area contributed by atoms with Crippen molar-refractivity contribution in [1.82, 2.24) is 5.32 Å². The molecule has 3 N–H and O–H groups in total. The number of halogens is 1. The lowest BCUT2D eigenvalue weighted by molar-refractivity contribution is -0.121. The smallest absolute Gasteiger partial charge is 0.221 e. The number of nitrogens with one attached hydrogen (secondary N) is 1. The Bertz CT molecular complexity index is 277. The van der Waals surface area contributed by atoms with E-state index in [4.69, 9.17) is 5.73 Å². The fraction of sp³-hybridized carbons (Fsp3) is 0.500. The topological polar surface area (TPSA) is 55.1 Å². The van der Waals surface area contributed by atoms with E-state index >= 15 is 0 Å². The second-order valence-electron chi connectivity index (χ2n) is 3.29. The Hall–Kier alpha value is -0.580. The number of rotatable bonds is 5. The maximum absolute atomic E-state index is 11.2. The summed E-state index contributed by atoms with van der Waals surface area (Å²) in [5, 5.41) is 4.95. The van der Waals surface area contributed by atoms with Gasteiger partial charge in [-0.1, -0.05) is 6.07 Å². The molecule has 1 unspecified atom stereocenters. The van der Waals surface area contributed by atoms with Crippen LogP contribution in [0.25, 0.3) is 0 Å². The molecule has 1 rings (SSSR count). The highest BCUT2D eigenvalue weighted by Gasteiger charge is 2.07. The average molecular weight is 249 g/mol. The number of carbonyl (C=O) groups excluding carboxylic acids is 1. The van der Waals surface area contributed by atoms with Gasteiger partial charge >= 0.3 is 0 Å². The standard InChI is InChI=1S/C10H16N2OS.ClH/c1-8(12-10(13)4-5-11)7-9-3-2-6-14-9;/h2-3,6,8H,4-5,7,11H2,1H3,(H,12,13);1H. The predicted molar refractivity (Wildman–Crippen MR) is 66.5 cm³/mol. The molecule has 1 aromatic rings. The molecule has 0 saturated carbocycles. The summed E-state index contributed by atoms with van der Waals surface area (Å²) >= 11 is 1.72. The summed E-state index contributed by atoms with van der Waals surface area (Å²) in [7, 11) is 0. The zero-order chi connectivity index (χ0) is 10.4. The first-order valence-electron chi connectivity index (χ1n) is 4.74. The highest BCUT2D eigenvalue weighted by Crippen LogP contribution is 2.10. The van der Waals surface area contributed by atoms with Crippen molar-refractivity contribution in [3.05, 3.63) is 22.4 Å². The third-order valence-corrected chi connectivity index (χ3v) is 2.76. The van der Waals surface area contributed by atoms with E-state index in [0.29, 0.717) is 13.0 Å². The molecule has 0 spiro atoms. The lowest BCUT2D eigenvalue weighted by atomic mass is 10.2. The van der Waals surface area contributed by atoms with Gasteiger partial charge in [-0.2, -0.15) is 0 Å². The van der Waals surface area contributed by atoms with Gasteiger partial charge in [-0.15, -0.1) is 23.7 Å². The zero-order valence-electron chi connectivity index (χ0n) is 8.73. The van der Waals surface area contributed by atoms with E-state index in [1.165, 1.54) is 4.88 Å². The summed E-state index contributed by atoms with van der Waals surface area (Å²) < 4.78 is 0. The second kappa shape index (κ2) is 7.68. The van der Waals surface area contributed by atoms with Gasteiger partial charge in [0.05, 0.1) is 0 Å².